The van der Waals surface area contributed by atoms with E-state index >= 15 is 0 Å². The second-order valence-electron chi connectivity index (χ2n) is 3.15. The molecule has 0 aromatic heterocycles. The fraction of sp³-hybridized carbons (Fsp3) is 0.222. The molecule has 1 aliphatic rings. The van der Waals surface area contributed by atoms with Crippen LogP contribution < -0.4 is 61.8 Å². The Kier molecular flexibility index (Phi) is 12.9. The molecular weight excluding hydrogens is 309 g/mol. The van der Waals surface area contributed by atoms with Crippen LogP contribution in [0.4, 0.5) is 0 Å². The van der Waals surface area contributed by atoms with E-state index in [0.717, 1.165) is 0 Å². The molecule has 0 aromatic rings. The number of carboxylic acids is 3. The summed E-state index contributed by atoms with van der Waals surface area (Å²) in [6, 6.07) is 0. The number of hydrogen-bond acceptors (Lipinski definition) is 5. The minimum Gasteiger partial charge on any atom is -0.539 e. The van der Waals surface area contributed by atoms with Crippen LogP contribution in [0.2, 0.25) is 0 Å². The van der Waals surface area contributed by atoms with Crippen LogP contribution in [0, 0.1) is 5.41 Å². The molecule has 102 valence electrons. The second-order valence-corrected chi connectivity index (χ2v) is 3.56. The van der Waals surface area contributed by atoms with Crippen molar-refractivity contribution < 1.29 is 86.6 Å². The predicted molar refractivity (Wildman–Crippen MR) is 58.2 cm³/mol. The zero-order valence-electron chi connectivity index (χ0n) is 10.1. The van der Waals surface area contributed by atoms with Gasteiger partial charge in [-0.05, 0) is 25.3 Å². The number of carboxylic acid groups (broad SMARTS) is 3. The Bertz CT molecular complexity index is 397. The van der Waals surface area contributed by atoms with Crippen LogP contribution in [0.3, 0.4) is 0 Å². The van der Waals surface area contributed by atoms with Gasteiger partial charge < -0.3 is 30.9 Å². The van der Waals surface area contributed by atoms with Gasteiger partial charge >= 0.3 is 63.3 Å². The summed E-state index contributed by atoms with van der Waals surface area (Å²) < 4.78 is 0. The first-order valence-electron chi connectivity index (χ1n) is 4.19. The van der Waals surface area contributed by atoms with Crippen molar-refractivity contribution in [3.63, 3.8) is 0 Å². The average molecular weight is 320 g/mol. The van der Waals surface area contributed by atoms with Crippen molar-refractivity contribution in [2.75, 3.05) is 0 Å². The maximum atomic E-state index is 10.6. The van der Waals surface area contributed by atoms with E-state index in [-0.39, 0.29) is 56.9 Å². The van der Waals surface area contributed by atoms with Gasteiger partial charge in [-0.25, -0.2) is 4.79 Å². The van der Waals surface area contributed by atoms with Crippen molar-refractivity contribution >= 4 is 29.5 Å². The van der Waals surface area contributed by atoms with Crippen molar-refractivity contribution in [2.24, 2.45) is 5.41 Å². The Morgan fingerprint density at radius 2 is 1.79 bits per heavy atom. The zero-order chi connectivity index (χ0) is 13.6. The minimum absolute atomic E-state index is 0. The van der Waals surface area contributed by atoms with E-state index in [4.69, 9.17) is 36.5 Å². The van der Waals surface area contributed by atoms with Crippen LogP contribution in [0.25, 0.3) is 0 Å². The molecule has 0 amide bonds. The SMILES string of the molecule is CC1(C(=O)O)C=CNC(Cl)=C1.O.O=C([O-])C(=O)O.[K+]. The van der Waals surface area contributed by atoms with Gasteiger partial charge in [0.1, 0.15) is 10.6 Å². The summed E-state index contributed by atoms with van der Waals surface area (Å²) in [7, 11) is 0. The number of carbonyl (C=O) groups excluding carboxylic acids is 1. The largest absolute Gasteiger partial charge is 1.00 e. The molecule has 0 fully saturated rings. The molecule has 1 unspecified atom stereocenters. The monoisotopic (exact) mass is 319 g/mol. The summed E-state index contributed by atoms with van der Waals surface area (Å²) >= 11 is 5.58. The third-order valence-electron chi connectivity index (χ3n) is 1.71. The molecule has 0 spiro atoms. The summed E-state index contributed by atoms with van der Waals surface area (Å²) in [6.45, 7) is 1.58. The van der Waals surface area contributed by atoms with Crippen molar-refractivity contribution in [1.82, 2.24) is 5.32 Å². The minimum atomic E-state index is -2.07. The van der Waals surface area contributed by atoms with E-state index in [9.17, 15) is 4.79 Å². The van der Waals surface area contributed by atoms with Crippen molar-refractivity contribution in [1.29, 1.82) is 0 Å². The molecule has 1 aliphatic heterocycles. The molecule has 5 N–H and O–H groups in total. The van der Waals surface area contributed by atoms with Gasteiger partial charge in [0.2, 0.25) is 0 Å². The predicted octanol–water partition coefficient (Wildman–Crippen LogP) is -4.73. The third kappa shape index (κ3) is 9.16. The molecule has 0 saturated carbocycles. The first kappa shape index (κ1) is 23.7. The van der Waals surface area contributed by atoms with E-state index in [0.29, 0.717) is 5.16 Å². The Morgan fingerprint density at radius 1 is 1.37 bits per heavy atom. The summed E-state index contributed by atoms with van der Waals surface area (Å²) in [5.74, 6) is -4.92. The van der Waals surface area contributed by atoms with Crippen LogP contribution >= 0.6 is 11.6 Å². The molecule has 1 rings (SSSR count). The second kappa shape index (κ2) is 10.4. The number of dihydropyridines is 1. The molecule has 1 atom stereocenters. The molecular formula is C9H11ClKNO7. The topological polar surface area (TPSA) is 158 Å². The summed E-state index contributed by atoms with van der Waals surface area (Å²) in [4.78, 5) is 28.7. The van der Waals surface area contributed by atoms with E-state index < -0.39 is 23.3 Å². The van der Waals surface area contributed by atoms with Gasteiger partial charge in [-0.2, -0.15) is 0 Å². The summed E-state index contributed by atoms with van der Waals surface area (Å²) in [6.07, 6.45) is 4.52. The maximum Gasteiger partial charge on any atom is 1.00 e. The first-order valence-corrected chi connectivity index (χ1v) is 4.57. The Hall–Kier alpha value is -0.424. The smallest absolute Gasteiger partial charge is 0.539 e. The molecule has 0 saturated heterocycles. The molecule has 0 bridgehead atoms. The molecule has 19 heavy (non-hydrogen) atoms. The number of hydrogen-bond donors (Lipinski definition) is 3. The number of carbonyl (C=O) groups is 3. The maximum absolute atomic E-state index is 10.6. The molecule has 0 radical (unpaired) electrons. The van der Waals surface area contributed by atoms with Gasteiger partial charge in [0.25, 0.3) is 0 Å². The number of nitrogens with one attached hydrogen (secondary N) is 1. The Morgan fingerprint density at radius 3 is 2.00 bits per heavy atom. The van der Waals surface area contributed by atoms with Gasteiger partial charge in [-0.1, -0.05) is 11.6 Å². The van der Waals surface area contributed by atoms with E-state index in [1.165, 1.54) is 12.3 Å². The molecule has 1 heterocycles. The van der Waals surface area contributed by atoms with Gasteiger partial charge in [0.15, 0.2) is 5.97 Å². The standard InChI is InChI=1S/C7H8ClNO2.C2H2O4.K.H2O/c1-7(6(10)11)2-3-9-5(8)4-7;3-1(4)2(5)6;;/h2-4,9H,1H3,(H,10,11);(H,3,4)(H,5,6);;1H2/q;;+1;/p-1. The van der Waals surface area contributed by atoms with Gasteiger partial charge in [-0.15, -0.1) is 0 Å². The van der Waals surface area contributed by atoms with E-state index in [1.54, 1.807) is 13.0 Å². The number of aliphatic carboxylic acids is 3. The van der Waals surface area contributed by atoms with Crippen molar-refractivity contribution in [2.45, 2.75) is 6.92 Å². The van der Waals surface area contributed by atoms with Crippen LogP contribution in [0.15, 0.2) is 23.5 Å². The van der Waals surface area contributed by atoms with Gasteiger partial charge in [-0.3, -0.25) is 4.79 Å². The van der Waals surface area contributed by atoms with Crippen LogP contribution in [0.5, 0.6) is 0 Å². The third-order valence-corrected chi connectivity index (χ3v) is 1.93. The Balaban J connectivity index is -0.000000282. The summed E-state index contributed by atoms with van der Waals surface area (Å²) in [5, 5.41) is 28.1. The van der Waals surface area contributed by atoms with Gasteiger partial charge in [0, 0.05) is 0 Å². The van der Waals surface area contributed by atoms with Crippen molar-refractivity contribution in [3.8, 4) is 0 Å². The fourth-order valence-electron chi connectivity index (χ4n) is 0.780. The van der Waals surface area contributed by atoms with Crippen LogP contribution in [-0.2, 0) is 14.4 Å². The number of halogens is 1. The van der Waals surface area contributed by atoms with E-state index in [1.807, 2.05) is 0 Å². The quantitative estimate of drug-likeness (QED) is 0.249. The summed E-state index contributed by atoms with van der Waals surface area (Å²) in [5.41, 5.74) is -0.970. The van der Waals surface area contributed by atoms with Crippen LogP contribution in [-0.4, -0.2) is 33.6 Å². The average Bonchev–Trinajstić information content (AvgIpc) is 2.17. The fourth-order valence-corrected chi connectivity index (χ4v) is 1.07. The zero-order valence-corrected chi connectivity index (χ0v) is 14.0. The van der Waals surface area contributed by atoms with Crippen LogP contribution in [0.1, 0.15) is 6.92 Å². The number of rotatable bonds is 1. The van der Waals surface area contributed by atoms with E-state index in [2.05, 4.69) is 5.32 Å². The Labute approximate surface area is 155 Å². The normalized spacial score (nSPS) is 19.2. The first-order chi connectivity index (χ1) is 7.69. The molecule has 10 heteroatoms. The molecule has 0 aromatic carbocycles. The van der Waals surface area contributed by atoms with Crippen molar-refractivity contribution in [3.05, 3.63) is 23.5 Å². The molecule has 0 aliphatic carbocycles. The molecule has 8 nitrogen and oxygen atoms in total. The van der Waals surface area contributed by atoms with Gasteiger partial charge in [0.05, 0.1) is 0 Å².